The van der Waals surface area contributed by atoms with E-state index in [0.29, 0.717) is 18.0 Å². The van der Waals surface area contributed by atoms with Gasteiger partial charge in [-0.25, -0.2) is 4.79 Å². The van der Waals surface area contributed by atoms with Crippen LogP contribution < -0.4 is 5.69 Å². The van der Waals surface area contributed by atoms with Crippen LogP contribution >= 0.6 is 0 Å². The molecule has 0 amide bonds. The van der Waals surface area contributed by atoms with Gasteiger partial charge in [0.15, 0.2) is 0 Å². The van der Waals surface area contributed by atoms with Crippen molar-refractivity contribution in [1.82, 2.24) is 9.55 Å². The van der Waals surface area contributed by atoms with E-state index < -0.39 is 11.9 Å². The van der Waals surface area contributed by atoms with E-state index in [9.17, 15) is 9.59 Å². The second-order valence-electron chi connectivity index (χ2n) is 6.09. The Labute approximate surface area is 118 Å². The lowest BCUT2D eigenvalue weighted by Gasteiger charge is -2.35. The molecular weight excluding hydrogens is 256 g/mol. The summed E-state index contributed by atoms with van der Waals surface area (Å²) < 4.78 is 1.76. The first-order chi connectivity index (χ1) is 9.31. The first kappa shape index (κ1) is 14.8. The summed E-state index contributed by atoms with van der Waals surface area (Å²) in [7, 11) is 0. The summed E-state index contributed by atoms with van der Waals surface area (Å²) in [6.07, 6.45) is 2.42. The molecule has 0 saturated heterocycles. The Hall–Kier alpha value is -1.65. The van der Waals surface area contributed by atoms with Gasteiger partial charge in [0.2, 0.25) is 0 Å². The second-order valence-corrected chi connectivity index (χ2v) is 6.09. The largest absolute Gasteiger partial charge is 0.481 e. The third-order valence-electron chi connectivity index (χ3n) is 4.35. The van der Waals surface area contributed by atoms with Crippen LogP contribution in [0.3, 0.4) is 0 Å². The van der Waals surface area contributed by atoms with Crippen molar-refractivity contribution in [2.24, 2.45) is 11.8 Å². The number of carboxylic acids is 1. The zero-order valence-corrected chi connectivity index (χ0v) is 12.5. The van der Waals surface area contributed by atoms with E-state index >= 15 is 0 Å². The summed E-state index contributed by atoms with van der Waals surface area (Å²) in [4.78, 5) is 27.2. The Bertz CT molecular complexity index is 586. The smallest absolute Gasteiger partial charge is 0.348 e. The molecule has 110 valence electrons. The van der Waals surface area contributed by atoms with Gasteiger partial charge in [-0.15, -0.1) is 0 Å². The number of aliphatic carboxylic acids is 1. The van der Waals surface area contributed by atoms with Gasteiger partial charge in [-0.1, -0.05) is 13.8 Å². The molecule has 0 bridgehead atoms. The molecule has 1 aromatic rings. The lowest BCUT2D eigenvalue weighted by molar-refractivity contribution is -0.141. The molecule has 1 atom stereocenters. The van der Waals surface area contributed by atoms with E-state index in [0.717, 1.165) is 24.1 Å². The van der Waals surface area contributed by atoms with E-state index in [1.54, 1.807) is 18.4 Å². The van der Waals surface area contributed by atoms with Gasteiger partial charge in [-0.2, -0.15) is 4.98 Å². The van der Waals surface area contributed by atoms with Crippen LogP contribution in [0.5, 0.6) is 0 Å². The molecule has 0 aromatic carbocycles. The molecule has 1 aliphatic carbocycles. The van der Waals surface area contributed by atoms with E-state index in [4.69, 9.17) is 5.11 Å². The normalized spacial score (nSPS) is 23.2. The quantitative estimate of drug-likeness (QED) is 0.915. The average molecular weight is 278 g/mol. The molecule has 1 fully saturated rings. The standard InChI is InChI=1S/C15H22N2O3/c1-8-5-12(6-8)17-11(4)13(7-9(2)14(18)19)10(3)16-15(17)20/h8-9,12H,5-7H2,1-4H3,(H,18,19). The van der Waals surface area contributed by atoms with E-state index in [2.05, 4.69) is 11.9 Å². The van der Waals surface area contributed by atoms with Gasteiger partial charge < -0.3 is 5.11 Å². The molecule has 5 nitrogen and oxygen atoms in total. The maximum absolute atomic E-state index is 12.1. The predicted octanol–water partition coefficient (Wildman–Crippen LogP) is 2.09. The number of nitrogens with zero attached hydrogens (tertiary/aromatic N) is 2. The Morgan fingerprint density at radius 1 is 1.45 bits per heavy atom. The summed E-state index contributed by atoms with van der Waals surface area (Å²) in [6, 6.07) is 0.226. The summed E-state index contributed by atoms with van der Waals surface area (Å²) in [5.41, 5.74) is 2.24. The number of aryl methyl sites for hydroxylation is 1. The van der Waals surface area contributed by atoms with E-state index in [1.165, 1.54) is 0 Å². The van der Waals surface area contributed by atoms with Crippen LogP contribution in [0.15, 0.2) is 4.79 Å². The van der Waals surface area contributed by atoms with Gasteiger partial charge in [0.05, 0.1) is 5.92 Å². The number of hydrogen-bond acceptors (Lipinski definition) is 3. The predicted molar refractivity (Wildman–Crippen MR) is 75.9 cm³/mol. The number of hydrogen-bond donors (Lipinski definition) is 1. The van der Waals surface area contributed by atoms with Gasteiger partial charge in [-0.05, 0) is 44.6 Å². The van der Waals surface area contributed by atoms with Crippen molar-refractivity contribution in [2.75, 3.05) is 0 Å². The van der Waals surface area contributed by atoms with Gasteiger partial charge in [0, 0.05) is 17.4 Å². The fraction of sp³-hybridized carbons (Fsp3) is 0.667. The lowest BCUT2D eigenvalue weighted by Crippen LogP contribution is -2.37. The van der Waals surface area contributed by atoms with Crippen LogP contribution in [0.25, 0.3) is 0 Å². The monoisotopic (exact) mass is 278 g/mol. The third kappa shape index (κ3) is 2.62. The molecule has 20 heavy (non-hydrogen) atoms. The van der Waals surface area contributed by atoms with Gasteiger partial charge in [0.1, 0.15) is 0 Å². The van der Waals surface area contributed by atoms with Gasteiger partial charge in [-0.3, -0.25) is 9.36 Å². The van der Waals surface area contributed by atoms with Crippen LogP contribution in [0, 0.1) is 25.7 Å². The topological polar surface area (TPSA) is 72.2 Å². The van der Waals surface area contributed by atoms with Crippen molar-refractivity contribution in [2.45, 2.75) is 53.0 Å². The van der Waals surface area contributed by atoms with Crippen molar-refractivity contribution in [3.63, 3.8) is 0 Å². The fourth-order valence-corrected chi connectivity index (χ4v) is 3.01. The Morgan fingerprint density at radius 3 is 2.55 bits per heavy atom. The zero-order chi connectivity index (χ0) is 15.0. The fourth-order valence-electron chi connectivity index (χ4n) is 3.01. The van der Waals surface area contributed by atoms with Crippen molar-refractivity contribution < 1.29 is 9.90 Å². The molecule has 2 rings (SSSR count). The average Bonchev–Trinajstić information content (AvgIpc) is 2.31. The molecule has 5 heteroatoms. The molecule has 0 aliphatic heterocycles. The highest BCUT2D eigenvalue weighted by Gasteiger charge is 2.30. The maximum atomic E-state index is 12.1. The lowest BCUT2D eigenvalue weighted by atomic mass is 9.81. The minimum Gasteiger partial charge on any atom is -0.481 e. The third-order valence-corrected chi connectivity index (χ3v) is 4.35. The van der Waals surface area contributed by atoms with Crippen LogP contribution in [-0.2, 0) is 11.2 Å². The minimum atomic E-state index is -0.821. The Morgan fingerprint density at radius 2 is 2.05 bits per heavy atom. The minimum absolute atomic E-state index is 0.205. The summed E-state index contributed by atoms with van der Waals surface area (Å²) >= 11 is 0. The maximum Gasteiger partial charge on any atom is 0.348 e. The summed E-state index contributed by atoms with van der Waals surface area (Å²) in [6.45, 7) is 7.54. The van der Waals surface area contributed by atoms with Gasteiger partial charge in [0.25, 0.3) is 0 Å². The second kappa shape index (κ2) is 5.38. The van der Waals surface area contributed by atoms with Crippen LogP contribution in [0.1, 0.15) is 49.7 Å². The van der Waals surface area contributed by atoms with Crippen molar-refractivity contribution in [3.05, 3.63) is 27.4 Å². The van der Waals surface area contributed by atoms with E-state index in [1.807, 2.05) is 6.92 Å². The molecule has 0 spiro atoms. The van der Waals surface area contributed by atoms with Crippen molar-refractivity contribution in [1.29, 1.82) is 0 Å². The summed E-state index contributed by atoms with van der Waals surface area (Å²) in [5, 5.41) is 9.06. The SMILES string of the molecule is Cc1nc(=O)n(C2CC(C)C2)c(C)c1CC(C)C(=O)O. The molecular formula is C15H22N2O3. The highest BCUT2D eigenvalue weighted by Crippen LogP contribution is 2.37. The molecule has 1 saturated carbocycles. The highest BCUT2D eigenvalue weighted by atomic mass is 16.4. The summed E-state index contributed by atoms with van der Waals surface area (Å²) in [5.74, 6) is -0.645. The van der Waals surface area contributed by atoms with Crippen molar-refractivity contribution >= 4 is 5.97 Å². The van der Waals surface area contributed by atoms with Crippen molar-refractivity contribution in [3.8, 4) is 0 Å². The molecule has 1 aromatic heterocycles. The molecule has 0 radical (unpaired) electrons. The molecule has 1 aliphatic rings. The molecule has 1 heterocycles. The molecule has 1 N–H and O–H groups in total. The number of aromatic nitrogens is 2. The van der Waals surface area contributed by atoms with Gasteiger partial charge >= 0.3 is 11.7 Å². The highest BCUT2D eigenvalue weighted by molar-refractivity contribution is 5.70. The van der Waals surface area contributed by atoms with E-state index in [-0.39, 0.29) is 11.7 Å². The first-order valence-electron chi connectivity index (χ1n) is 7.12. The number of carbonyl (C=O) groups is 1. The van der Waals surface area contributed by atoms with Crippen LogP contribution in [0.2, 0.25) is 0 Å². The van der Waals surface area contributed by atoms with Crippen LogP contribution in [0.4, 0.5) is 0 Å². The Balaban J connectivity index is 2.39. The molecule has 1 unspecified atom stereocenters. The number of carboxylic acid groups (broad SMARTS) is 1. The number of rotatable bonds is 4. The van der Waals surface area contributed by atoms with Crippen LogP contribution in [-0.4, -0.2) is 20.6 Å². The first-order valence-corrected chi connectivity index (χ1v) is 7.12. The Kier molecular flexibility index (Phi) is 3.97. The zero-order valence-electron chi connectivity index (χ0n) is 12.5.